The molecule has 134 valence electrons. The monoisotopic (exact) mass is 405 g/mol. The molecule has 0 bridgehead atoms. The molecule has 2 aromatic carbocycles. The van der Waals surface area contributed by atoms with E-state index < -0.39 is 0 Å². The van der Waals surface area contributed by atoms with E-state index in [1.54, 1.807) is 14.2 Å². The molecular weight excluding hydrogens is 382 g/mol. The maximum atomic E-state index is 12.3. The largest absolute Gasteiger partial charge is 0.493 e. The molecule has 5 heteroatoms. The summed E-state index contributed by atoms with van der Waals surface area (Å²) in [5.74, 6) is 1.24. The second-order valence-corrected chi connectivity index (χ2v) is 6.82. The summed E-state index contributed by atoms with van der Waals surface area (Å²) in [7, 11) is 3.17. The number of carbonyl (C=O) groups is 1. The van der Waals surface area contributed by atoms with Crippen molar-refractivity contribution < 1.29 is 14.3 Å². The number of halogens is 1. The highest BCUT2D eigenvalue weighted by atomic mass is 79.9. The molecule has 2 aromatic rings. The van der Waals surface area contributed by atoms with Crippen molar-refractivity contribution in [2.45, 2.75) is 32.2 Å². The molecule has 1 atom stereocenters. The lowest BCUT2D eigenvalue weighted by atomic mass is 10.1. The SMILES string of the molecule is COc1cc(Br)c(CC(=O)NC(C)CCc2ccccc2)cc1OC. The highest BCUT2D eigenvalue weighted by Gasteiger charge is 2.14. The standard InChI is InChI=1S/C20H24BrNO3/c1-14(9-10-15-7-5-4-6-8-15)22-20(23)12-16-11-18(24-2)19(25-3)13-17(16)21/h4-8,11,13-14H,9-10,12H2,1-3H3,(H,22,23). The van der Waals surface area contributed by atoms with Crippen LogP contribution in [-0.4, -0.2) is 26.2 Å². The molecule has 1 amide bonds. The lowest BCUT2D eigenvalue weighted by Crippen LogP contribution is -2.34. The van der Waals surface area contributed by atoms with Crippen LogP contribution < -0.4 is 14.8 Å². The second kappa shape index (κ2) is 9.47. The van der Waals surface area contributed by atoms with Crippen LogP contribution in [0.5, 0.6) is 11.5 Å². The molecule has 0 aliphatic carbocycles. The molecule has 1 unspecified atom stereocenters. The Hall–Kier alpha value is -2.01. The van der Waals surface area contributed by atoms with E-state index in [0.717, 1.165) is 22.9 Å². The number of methoxy groups -OCH3 is 2. The fraction of sp³-hybridized carbons (Fsp3) is 0.350. The fourth-order valence-electron chi connectivity index (χ4n) is 2.63. The summed E-state index contributed by atoms with van der Waals surface area (Å²) in [4.78, 5) is 12.3. The van der Waals surface area contributed by atoms with Gasteiger partial charge < -0.3 is 14.8 Å². The van der Waals surface area contributed by atoms with E-state index in [2.05, 4.69) is 33.4 Å². The van der Waals surface area contributed by atoms with Crippen molar-refractivity contribution in [1.29, 1.82) is 0 Å². The predicted molar refractivity (Wildman–Crippen MR) is 103 cm³/mol. The predicted octanol–water partition coefficient (Wildman–Crippen LogP) is 4.15. The average Bonchev–Trinajstić information content (AvgIpc) is 2.62. The highest BCUT2D eigenvalue weighted by molar-refractivity contribution is 9.10. The van der Waals surface area contributed by atoms with Crippen LogP contribution in [0.2, 0.25) is 0 Å². The number of hydrogen-bond acceptors (Lipinski definition) is 3. The molecule has 2 rings (SSSR count). The molecule has 0 saturated heterocycles. The minimum absolute atomic E-state index is 0.00604. The van der Waals surface area contributed by atoms with E-state index in [1.807, 2.05) is 37.3 Å². The Morgan fingerprint density at radius 1 is 1.12 bits per heavy atom. The van der Waals surface area contributed by atoms with Crippen molar-refractivity contribution in [3.05, 3.63) is 58.1 Å². The summed E-state index contributed by atoms with van der Waals surface area (Å²) in [5.41, 5.74) is 2.15. The number of aryl methyl sites for hydroxylation is 1. The smallest absolute Gasteiger partial charge is 0.224 e. The van der Waals surface area contributed by atoms with E-state index in [0.29, 0.717) is 11.5 Å². The summed E-state index contributed by atoms with van der Waals surface area (Å²) in [6, 6.07) is 14.1. The molecule has 0 heterocycles. The molecule has 1 N–H and O–H groups in total. The number of carbonyl (C=O) groups excluding carboxylic acids is 1. The Kier molecular flexibility index (Phi) is 7.31. The van der Waals surface area contributed by atoms with Crippen molar-refractivity contribution in [2.75, 3.05) is 14.2 Å². The van der Waals surface area contributed by atoms with Gasteiger partial charge in [-0.25, -0.2) is 0 Å². The topological polar surface area (TPSA) is 47.6 Å². The number of rotatable bonds is 8. The van der Waals surface area contributed by atoms with Gasteiger partial charge in [0.1, 0.15) is 0 Å². The van der Waals surface area contributed by atoms with E-state index in [9.17, 15) is 4.79 Å². The van der Waals surface area contributed by atoms with E-state index >= 15 is 0 Å². The first-order valence-electron chi connectivity index (χ1n) is 8.27. The average molecular weight is 406 g/mol. The van der Waals surface area contributed by atoms with Crippen LogP contribution >= 0.6 is 15.9 Å². The van der Waals surface area contributed by atoms with Gasteiger partial charge in [-0.05, 0) is 43.0 Å². The van der Waals surface area contributed by atoms with Gasteiger partial charge in [0.2, 0.25) is 5.91 Å². The fourth-order valence-corrected chi connectivity index (χ4v) is 3.09. The molecular formula is C20H24BrNO3. The summed E-state index contributed by atoms with van der Waals surface area (Å²) >= 11 is 3.49. The molecule has 0 fully saturated rings. The third kappa shape index (κ3) is 5.78. The van der Waals surface area contributed by atoms with Gasteiger partial charge in [0.15, 0.2) is 11.5 Å². The number of nitrogens with one attached hydrogen (secondary N) is 1. The summed E-state index contributed by atoms with van der Waals surface area (Å²) in [5, 5.41) is 3.06. The van der Waals surface area contributed by atoms with Gasteiger partial charge in [0, 0.05) is 10.5 Å². The van der Waals surface area contributed by atoms with Crippen LogP contribution in [0.1, 0.15) is 24.5 Å². The number of hydrogen-bond donors (Lipinski definition) is 1. The quantitative estimate of drug-likeness (QED) is 0.717. The van der Waals surface area contributed by atoms with Crippen molar-refractivity contribution in [1.82, 2.24) is 5.32 Å². The zero-order valence-electron chi connectivity index (χ0n) is 14.8. The van der Waals surface area contributed by atoms with Crippen molar-refractivity contribution in [3.63, 3.8) is 0 Å². The molecule has 25 heavy (non-hydrogen) atoms. The highest BCUT2D eigenvalue weighted by Crippen LogP contribution is 2.33. The molecule has 0 saturated carbocycles. The van der Waals surface area contributed by atoms with Crippen molar-refractivity contribution >= 4 is 21.8 Å². The Bertz CT molecular complexity index is 704. The zero-order valence-corrected chi connectivity index (χ0v) is 16.4. The molecule has 0 spiro atoms. The third-order valence-corrected chi connectivity index (χ3v) is 4.76. The summed E-state index contributed by atoms with van der Waals surface area (Å²) in [6.45, 7) is 2.03. The van der Waals surface area contributed by atoms with Gasteiger partial charge in [0.25, 0.3) is 0 Å². The first-order valence-corrected chi connectivity index (χ1v) is 9.06. The van der Waals surface area contributed by atoms with Crippen molar-refractivity contribution in [3.8, 4) is 11.5 Å². The second-order valence-electron chi connectivity index (χ2n) is 5.97. The lowest BCUT2D eigenvalue weighted by molar-refractivity contribution is -0.121. The van der Waals surface area contributed by atoms with Crippen LogP contribution in [-0.2, 0) is 17.6 Å². The molecule has 0 aliphatic heterocycles. The van der Waals surface area contributed by atoms with Gasteiger partial charge in [-0.1, -0.05) is 46.3 Å². The van der Waals surface area contributed by atoms with Crippen LogP contribution in [0.4, 0.5) is 0 Å². The Morgan fingerprint density at radius 3 is 2.40 bits per heavy atom. The number of amides is 1. The minimum Gasteiger partial charge on any atom is -0.493 e. The first-order chi connectivity index (χ1) is 12.0. The zero-order chi connectivity index (χ0) is 18.2. The van der Waals surface area contributed by atoms with E-state index in [1.165, 1.54) is 5.56 Å². The van der Waals surface area contributed by atoms with E-state index in [4.69, 9.17) is 9.47 Å². The number of ether oxygens (including phenoxy) is 2. The Balaban J connectivity index is 1.91. The van der Waals surface area contributed by atoms with Gasteiger partial charge in [-0.15, -0.1) is 0 Å². The molecule has 0 aromatic heterocycles. The maximum Gasteiger partial charge on any atom is 0.224 e. The molecule has 0 radical (unpaired) electrons. The van der Waals surface area contributed by atoms with Gasteiger partial charge >= 0.3 is 0 Å². The minimum atomic E-state index is -0.00604. The summed E-state index contributed by atoms with van der Waals surface area (Å²) in [6.07, 6.45) is 2.14. The van der Waals surface area contributed by atoms with Gasteiger partial charge in [-0.3, -0.25) is 4.79 Å². The Labute approximate surface area is 157 Å². The van der Waals surface area contributed by atoms with Gasteiger partial charge in [0.05, 0.1) is 20.6 Å². The van der Waals surface area contributed by atoms with Gasteiger partial charge in [-0.2, -0.15) is 0 Å². The van der Waals surface area contributed by atoms with E-state index in [-0.39, 0.29) is 18.4 Å². The summed E-state index contributed by atoms with van der Waals surface area (Å²) < 4.78 is 11.4. The van der Waals surface area contributed by atoms with Crippen LogP contribution in [0, 0.1) is 0 Å². The number of benzene rings is 2. The molecule has 0 aliphatic rings. The third-order valence-electron chi connectivity index (χ3n) is 4.02. The van der Waals surface area contributed by atoms with Crippen LogP contribution in [0.15, 0.2) is 46.9 Å². The van der Waals surface area contributed by atoms with Crippen LogP contribution in [0.25, 0.3) is 0 Å². The normalized spacial score (nSPS) is 11.7. The first kappa shape index (κ1) is 19.3. The lowest BCUT2D eigenvalue weighted by Gasteiger charge is -2.15. The van der Waals surface area contributed by atoms with Crippen molar-refractivity contribution in [2.24, 2.45) is 0 Å². The van der Waals surface area contributed by atoms with Crippen LogP contribution in [0.3, 0.4) is 0 Å². The molecule has 4 nitrogen and oxygen atoms in total. The Morgan fingerprint density at radius 2 is 1.76 bits per heavy atom. The maximum absolute atomic E-state index is 12.3.